The van der Waals surface area contributed by atoms with Crippen LogP contribution in [0.4, 0.5) is 16.0 Å². The van der Waals surface area contributed by atoms with Crippen LogP contribution < -0.4 is 17.2 Å². The number of halogens is 1. The maximum atomic E-state index is 13.6. The summed E-state index contributed by atoms with van der Waals surface area (Å²) in [5, 5.41) is 0. The summed E-state index contributed by atoms with van der Waals surface area (Å²) in [6, 6.07) is 10.1. The first-order valence-electron chi connectivity index (χ1n) is 7.95. The Labute approximate surface area is 150 Å². The van der Waals surface area contributed by atoms with Crippen molar-refractivity contribution < 1.29 is 4.39 Å². The van der Waals surface area contributed by atoms with E-state index in [0.717, 1.165) is 22.3 Å². The predicted octanol–water partition coefficient (Wildman–Crippen LogP) is 2.37. The molecule has 0 aliphatic carbocycles. The highest BCUT2D eigenvalue weighted by Crippen LogP contribution is 2.30. The number of anilines is 2. The molecule has 26 heavy (non-hydrogen) atoms. The summed E-state index contributed by atoms with van der Waals surface area (Å²) >= 11 is 0. The minimum absolute atomic E-state index is 0.187. The zero-order valence-electron chi connectivity index (χ0n) is 14.3. The number of amidine groups is 1. The van der Waals surface area contributed by atoms with Crippen molar-refractivity contribution in [2.45, 2.75) is 6.42 Å². The van der Waals surface area contributed by atoms with Crippen LogP contribution in [-0.2, 0) is 6.42 Å². The molecule has 0 unspecified atom stereocenters. The van der Waals surface area contributed by atoms with Crippen molar-refractivity contribution in [3.8, 4) is 11.1 Å². The van der Waals surface area contributed by atoms with Crippen LogP contribution >= 0.6 is 0 Å². The fourth-order valence-corrected chi connectivity index (χ4v) is 2.76. The van der Waals surface area contributed by atoms with Crippen LogP contribution in [0.3, 0.4) is 0 Å². The fourth-order valence-electron chi connectivity index (χ4n) is 2.76. The van der Waals surface area contributed by atoms with Gasteiger partial charge in [-0.2, -0.15) is 0 Å². The average Bonchev–Trinajstić information content (AvgIpc) is 2.63. The number of hydrogen-bond acceptors (Lipinski definition) is 5. The molecule has 6 nitrogen and oxygen atoms in total. The molecule has 0 aliphatic heterocycles. The van der Waals surface area contributed by atoms with E-state index in [1.807, 2.05) is 12.1 Å². The van der Waals surface area contributed by atoms with E-state index in [0.29, 0.717) is 23.5 Å². The normalized spacial score (nSPS) is 11.5. The van der Waals surface area contributed by atoms with Gasteiger partial charge < -0.3 is 17.2 Å². The molecule has 0 saturated heterocycles. The van der Waals surface area contributed by atoms with Gasteiger partial charge in [-0.1, -0.05) is 12.1 Å². The molecule has 0 radical (unpaired) electrons. The molecule has 0 atom stereocenters. The second-order valence-electron chi connectivity index (χ2n) is 5.84. The number of benzene rings is 2. The van der Waals surface area contributed by atoms with Gasteiger partial charge in [0, 0.05) is 36.3 Å². The lowest BCUT2D eigenvalue weighted by atomic mass is 9.93. The third kappa shape index (κ3) is 3.61. The van der Waals surface area contributed by atoms with E-state index in [1.54, 1.807) is 31.6 Å². The number of nitrogen functional groups attached to an aromatic ring is 2. The van der Waals surface area contributed by atoms with Gasteiger partial charge in [0.25, 0.3) is 0 Å². The van der Waals surface area contributed by atoms with Gasteiger partial charge in [-0.25, -0.2) is 14.4 Å². The Morgan fingerprint density at radius 3 is 2.50 bits per heavy atom. The third-order valence-electron chi connectivity index (χ3n) is 4.06. The smallest absolute Gasteiger partial charge is 0.219 e. The minimum atomic E-state index is -0.287. The molecule has 1 aromatic heterocycles. The van der Waals surface area contributed by atoms with Crippen molar-refractivity contribution >= 4 is 17.5 Å². The molecule has 0 fully saturated rings. The SMILES string of the molecule is CN=C(N)c1cc(Cc2cccc(F)c2)c(-c2cnc(N)nc2)cc1N. The van der Waals surface area contributed by atoms with Gasteiger partial charge in [-0.05, 0) is 47.4 Å². The standard InChI is InChI=1S/C19H19FN6/c1-24-18(22)16-7-12(5-11-3-2-4-14(20)6-11)15(8-17(16)21)13-9-25-19(23)26-10-13/h2-4,6-10H,5,21H2,1H3,(H2,22,24)(H2,23,25,26). The minimum Gasteiger partial charge on any atom is -0.398 e. The zero-order chi connectivity index (χ0) is 18.7. The predicted molar refractivity (Wildman–Crippen MR) is 102 cm³/mol. The van der Waals surface area contributed by atoms with Gasteiger partial charge in [0.05, 0.1) is 0 Å². The molecule has 0 amide bonds. The number of nitrogens with zero attached hydrogens (tertiary/aromatic N) is 3. The van der Waals surface area contributed by atoms with Crippen molar-refractivity contribution in [1.29, 1.82) is 0 Å². The van der Waals surface area contributed by atoms with Crippen LogP contribution in [-0.4, -0.2) is 22.9 Å². The summed E-state index contributed by atoms with van der Waals surface area (Å²) in [6.07, 6.45) is 3.74. The van der Waals surface area contributed by atoms with Crippen LogP contribution in [0.5, 0.6) is 0 Å². The van der Waals surface area contributed by atoms with E-state index in [1.165, 1.54) is 12.1 Å². The van der Waals surface area contributed by atoms with E-state index in [4.69, 9.17) is 17.2 Å². The summed E-state index contributed by atoms with van der Waals surface area (Å²) < 4.78 is 13.6. The lowest BCUT2D eigenvalue weighted by Gasteiger charge is -2.15. The first-order valence-corrected chi connectivity index (χ1v) is 7.95. The third-order valence-corrected chi connectivity index (χ3v) is 4.06. The highest BCUT2D eigenvalue weighted by Gasteiger charge is 2.14. The number of hydrogen-bond donors (Lipinski definition) is 3. The second-order valence-corrected chi connectivity index (χ2v) is 5.84. The molecule has 2 aromatic carbocycles. The van der Waals surface area contributed by atoms with E-state index < -0.39 is 0 Å². The molecule has 7 heteroatoms. The van der Waals surface area contributed by atoms with Crippen molar-refractivity contribution in [2.75, 3.05) is 18.5 Å². The molecule has 0 aliphatic rings. The van der Waals surface area contributed by atoms with Crippen molar-refractivity contribution in [3.63, 3.8) is 0 Å². The zero-order valence-corrected chi connectivity index (χ0v) is 14.3. The molecule has 0 saturated carbocycles. The second kappa shape index (κ2) is 7.18. The topological polar surface area (TPSA) is 116 Å². The Morgan fingerprint density at radius 2 is 1.85 bits per heavy atom. The number of aliphatic imine (C=N–C) groups is 1. The molecule has 0 spiro atoms. The highest BCUT2D eigenvalue weighted by atomic mass is 19.1. The van der Waals surface area contributed by atoms with E-state index >= 15 is 0 Å². The molecule has 6 N–H and O–H groups in total. The highest BCUT2D eigenvalue weighted by molar-refractivity contribution is 6.03. The molecule has 0 bridgehead atoms. The maximum Gasteiger partial charge on any atom is 0.219 e. The molecule has 132 valence electrons. The summed E-state index contributed by atoms with van der Waals surface area (Å²) in [5.41, 5.74) is 22.1. The van der Waals surface area contributed by atoms with Gasteiger partial charge in [0.2, 0.25) is 5.95 Å². The van der Waals surface area contributed by atoms with Gasteiger partial charge >= 0.3 is 0 Å². The van der Waals surface area contributed by atoms with Crippen LogP contribution in [0, 0.1) is 5.82 Å². The Hall–Kier alpha value is -3.48. The summed E-state index contributed by atoms with van der Waals surface area (Å²) in [7, 11) is 1.60. The van der Waals surface area contributed by atoms with E-state index in [2.05, 4.69) is 15.0 Å². The maximum absolute atomic E-state index is 13.6. The molecule has 3 aromatic rings. The van der Waals surface area contributed by atoms with Crippen molar-refractivity contribution in [1.82, 2.24) is 9.97 Å². The first-order chi connectivity index (χ1) is 12.5. The molecular weight excluding hydrogens is 331 g/mol. The monoisotopic (exact) mass is 350 g/mol. The van der Waals surface area contributed by atoms with Crippen LogP contribution in [0.25, 0.3) is 11.1 Å². The Bertz CT molecular complexity index is 966. The lowest BCUT2D eigenvalue weighted by Crippen LogP contribution is -2.16. The Balaban J connectivity index is 2.15. The van der Waals surface area contributed by atoms with Crippen LogP contribution in [0.1, 0.15) is 16.7 Å². The summed E-state index contributed by atoms with van der Waals surface area (Å²) in [5.74, 6) is 0.237. The molecular formula is C19H19FN6. The van der Waals surface area contributed by atoms with Gasteiger partial charge in [0.15, 0.2) is 0 Å². The van der Waals surface area contributed by atoms with Crippen LogP contribution in [0.15, 0.2) is 53.8 Å². The first kappa shape index (κ1) is 17.3. The lowest BCUT2D eigenvalue weighted by molar-refractivity contribution is 0.626. The number of aromatic nitrogens is 2. The van der Waals surface area contributed by atoms with Crippen molar-refractivity contribution in [2.24, 2.45) is 10.7 Å². The largest absolute Gasteiger partial charge is 0.398 e. The fraction of sp³-hybridized carbons (Fsp3) is 0.105. The van der Waals surface area contributed by atoms with E-state index in [9.17, 15) is 4.39 Å². The van der Waals surface area contributed by atoms with Gasteiger partial charge in [-0.15, -0.1) is 0 Å². The Kier molecular flexibility index (Phi) is 4.79. The summed E-state index contributed by atoms with van der Waals surface area (Å²) in [4.78, 5) is 12.1. The van der Waals surface area contributed by atoms with Crippen molar-refractivity contribution in [3.05, 3.63) is 71.3 Å². The quantitative estimate of drug-likeness (QED) is 0.379. The number of nitrogens with two attached hydrogens (primary N) is 3. The van der Waals surface area contributed by atoms with Crippen LogP contribution in [0.2, 0.25) is 0 Å². The number of rotatable bonds is 4. The molecule has 1 heterocycles. The van der Waals surface area contributed by atoms with Gasteiger partial charge in [0.1, 0.15) is 11.7 Å². The van der Waals surface area contributed by atoms with Gasteiger partial charge in [-0.3, -0.25) is 4.99 Å². The Morgan fingerprint density at radius 1 is 1.12 bits per heavy atom. The van der Waals surface area contributed by atoms with E-state index in [-0.39, 0.29) is 11.8 Å². The molecule has 3 rings (SSSR count). The summed E-state index contributed by atoms with van der Waals surface area (Å²) in [6.45, 7) is 0. The average molecular weight is 350 g/mol.